The SMILES string of the molecule is COc1ccc(S(=O)(=O)Nc2ccc(OC3CCN(C)CC3)cc2)c(C)c1C. The molecule has 2 aromatic rings. The molecule has 1 heterocycles. The quantitative estimate of drug-likeness (QED) is 0.797. The number of ether oxygens (including phenoxy) is 2. The summed E-state index contributed by atoms with van der Waals surface area (Å²) in [5, 5.41) is 0. The van der Waals surface area contributed by atoms with Gasteiger partial charge in [0, 0.05) is 18.8 Å². The fourth-order valence-electron chi connectivity index (χ4n) is 3.39. The fraction of sp³-hybridized carbons (Fsp3) is 0.429. The summed E-state index contributed by atoms with van der Waals surface area (Å²) in [6.45, 7) is 5.69. The molecule has 1 aliphatic rings. The van der Waals surface area contributed by atoms with Crippen molar-refractivity contribution in [2.45, 2.75) is 37.7 Å². The largest absolute Gasteiger partial charge is 0.496 e. The Morgan fingerprint density at radius 2 is 1.64 bits per heavy atom. The van der Waals surface area contributed by atoms with Gasteiger partial charge in [-0.3, -0.25) is 4.72 Å². The third-order valence-electron chi connectivity index (χ3n) is 5.27. The molecule has 0 unspecified atom stereocenters. The number of nitrogens with zero attached hydrogens (tertiary/aromatic N) is 1. The second-order valence-electron chi connectivity index (χ2n) is 7.27. The topological polar surface area (TPSA) is 67.9 Å². The van der Waals surface area contributed by atoms with Crippen molar-refractivity contribution < 1.29 is 17.9 Å². The smallest absolute Gasteiger partial charge is 0.262 e. The molecule has 1 saturated heterocycles. The van der Waals surface area contributed by atoms with E-state index in [0.29, 0.717) is 17.0 Å². The van der Waals surface area contributed by atoms with Gasteiger partial charge in [-0.2, -0.15) is 0 Å². The highest BCUT2D eigenvalue weighted by atomic mass is 32.2. The predicted octanol–water partition coefficient (Wildman–Crippen LogP) is 3.59. The van der Waals surface area contributed by atoms with Crippen molar-refractivity contribution in [1.82, 2.24) is 4.90 Å². The van der Waals surface area contributed by atoms with Crippen LogP contribution in [0.25, 0.3) is 0 Å². The van der Waals surface area contributed by atoms with Gasteiger partial charge in [0.15, 0.2) is 0 Å². The van der Waals surface area contributed by atoms with Crippen molar-refractivity contribution in [1.29, 1.82) is 0 Å². The lowest BCUT2D eigenvalue weighted by molar-refractivity contribution is 0.114. The highest BCUT2D eigenvalue weighted by Gasteiger charge is 2.20. The molecule has 3 rings (SSSR count). The first kappa shape index (κ1) is 20.5. The molecule has 1 aliphatic heterocycles. The minimum Gasteiger partial charge on any atom is -0.496 e. The predicted molar refractivity (Wildman–Crippen MR) is 111 cm³/mol. The Labute approximate surface area is 167 Å². The molecular formula is C21H28N2O4S. The van der Waals surface area contributed by atoms with Gasteiger partial charge in [-0.15, -0.1) is 0 Å². The summed E-state index contributed by atoms with van der Waals surface area (Å²) < 4.78 is 39.6. The van der Waals surface area contributed by atoms with E-state index in [9.17, 15) is 8.42 Å². The number of nitrogens with one attached hydrogen (secondary N) is 1. The molecule has 0 amide bonds. The molecule has 0 radical (unpaired) electrons. The lowest BCUT2D eigenvalue weighted by Crippen LogP contribution is -2.35. The highest BCUT2D eigenvalue weighted by molar-refractivity contribution is 7.92. The van der Waals surface area contributed by atoms with Crippen LogP contribution in [0.3, 0.4) is 0 Å². The van der Waals surface area contributed by atoms with Crippen molar-refractivity contribution in [2.75, 3.05) is 32.0 Å². The molecular weight excluding hydrogens is 376 g/mol. The summed E-state index contributed by atoms with van der Waals surface area (Å²) in [7, 11) is -0.00251. The first-order valence-corrected chi connectivity index (χ1v) is 10.9. The van der Waals surface area contributed by atoms with E-state index >= 15 is 0 Å². The van der Waals surface area contributed by atoms with Gasteiger partial charge in [0.25, 0.3) is 10.0 Å². The van der Waals surface area contributed by atoms with Gasteiger partial charge in [0.05, 0.1) is 12.0 Å². The minimum atomic E-state index is -3.69. The minimum absolute atomic E-state index is 0.212. The van der Waals surface area contributed by atoms with Gasteiger partial charge in [0.1, 0.15) is 17.6 Å². The first-order valence-electron chi connectivity index (χ1n) is 9.42. The monoisotopic (exact) mass is 404 g/mol. The fourth-order valence-corrected chi connectivity index (χ4v) is 4.75. The van der Waals surface area contributed by atoms with E-state index in [0.717, 1.165) is 37.2 Å². The van der Waals surface area contributed by atoms with Crippen LogP contribution in [0.4, 0.5) is 5.69 Å². The average molecular weight is 405 g/mol. The molecule has 0 spiro atoms. The van der Waals surface area contributed by atoms with Crippen molar-refractivity contribution in [2.24, 2.45) is 0 Å². The van der Waals surface area contributed by atoms with E-state index < -0.39 is 10.0 Å². The van der Waals surface area contributed by atoms with E-state index in [1.54, 1.807) is 38.3 Å². The number of hydrogen-bond acceptors (Lipinski definition) is 5. The number of benzene rings is 2. The van der Waals surface area contributed by atoms with E-state index in [4.69, 9.17) is 9.47 Å². The Bertz CT molecular complexity index is 918. The number of hydrogen-bond donors (Lipinski definition) is 1. The Kier molecular flexibility index (Phi) is 6.15. The number of anilines is 1. The molecule has 1 N–H and O–H groups in total. The summed E-state index contributed by atoms with van der Waals surface area (Å²) in [6, 6.07) is 10.3. The number of piperidine rings is 1. The van der Waals surface area contributed by atoms with Crippen LogP contribution in [0.15, 0.2) is 41.3 Å². The van der Waals surface area contributed by atoms with Gasteiger partial charge < -0.3 is 14.4 Å². The van der Waals surface area contributed by atoms with Crippen LogP contribution in [0.1, 0.15) is 24.0 Å². The van der Waals surface area contributed by atoms with Crippen LogP contribution >= 0.6 is 0 Å². The van der Waals surface area contributed by atoms with Crippen LogP contribution in [0, 0.1) is 13.8 Å². The molecule has 0 aromatic heterocycles. The molecule has 6 nitrogen and oxygen atoms in total. The summed E-state index contributed by atoms with van der Waals surface area (Å²) in [6.07, 6.45) is 2.21. The second kappa shape index (κ2) is 8.41. The number of methoxy groups -OCH3 is 1. The number of sulfonamides is 1. The van der Waals surface area contributed by atoms with Gasteiger partial charge in [0.2, 0.25) is 0 Å². The molecule has 0 atom stereocenters. The summed E-state index contributed by atoms with van der Waals surface area (Å²) in [5.74, 6) is 1.43. The van der Waals surface area contributed by atoms with Crippen LogP contribution in [-0.2, 0) is 10.0 Å². The molecule has 7 heteroatoms. The van der Waals surface area contributed by atoms with Crippen LogP contribution in [0.5, 0.6) is 11.5 Å². The number of likely N-dealkylation sites (tertiary alicyclic amines) is 1. The van der Waals surface area contributed by atoms with Gasteiger partial charge in [-0.1, -0.05) is 0 Å². The van der Waals surface area contributed by atoms with Crippen LogP contribution in [0.2, 0.25) is 0 Å². The zero-order valence-electron chi connectivity index (χ0n) is 16.9. The standard InChI is InChI=1S/C21H28N2O4S/c1-15-16(2)21(10-9-20(15)26-4)28(24,25)22-17-5-7-18(8-6-17)27-19-11-13-23(3)14-12-19/h5-10,19,22H,11-14H2,1-4H3. The van der Waals surface area contributed by atoms with Crippen molar-refractivity contribution >= 4 is 15.7 Å². The third-order valence-corrected chi connectivity index (χ3v) is 6.80. The molecule has 152 valence electrons. The summed E-state index contributed by atoms with van der Waals surface area (Å²) in [4.78, 5) is 2.54. The van der Waals surface area contributed by atoms with E-state index in [1.807, 2.05) is 19.1 Å². The van der Waals surface area contributed by atoms with Gasteiger partial charge in [-0.25, -0.2) is 8.42 Å². The van der Waals surface area contributed by atoms with E-state index in [-0.39, 0.29) is 11.0 Å². The van der Waals surface area contributed by atoms with Gasteiger partial charge >= 0.3 is 0 Å². The number of rotatable bonds is 6. The third kappa shape index (κ3) is 4.59. The van der Waals surface area contributed by atoms with Crippen molar-refractivity contribution in [3.63, 3.8) is 0 Å². The van der Waals surface area contributed by atoms with Crippen molar-refractivity contribution in [3.05, 3.63) is 47.5 Å². The maximum Gasteiger partial charge on any atom is 0.262 e. The van der Waals surface area contributed by atoms with Gasteiger partial charge in [-0.05, 0) is 81.3 Å². The van der Waals surface area contributed by atoms with Crippen LogP contribution in [-0.4, -0.2) is 46.7 Å². The Hall–Kier alpha value is -2.25. The molecule has 1 fully saturated rings. The zero-order chi connectivity index (χ0) is 20.3. The second-order valence-corrected chi connectivity index (χ2v) is 8.92. The highest BCUT2D eigenvalue weighted by Crippen LogP contribution is 2.28. The zero-order valence-corrected chi connectivity index (χ0v) is 17.7. The molecule has 0 bridgehead atoms. The average Bonchev–Trinajstić information content (AvgIpc) is 2.67. The Morgan fingerprint density at radius 1 is 1.00 bits per heavy atom. The molecule has 28 heavy (non-hydrogen) atoms. The first-order chi connectivity index (χ1) is 13.3. The molecule has 0 saturated carbocycles. The van der Waals surface area contributed by atoms with Crippen molar-refractivity contribution in [3.8, 4) is 11.5 Å². The molecule has 2 aromatic carbocycles. The lowest BCUT2D eigenvalue weighted by Gasteiger charge is -2.29. The Balaban J connectivity index is 1.70. The van der Waals surface area contributed by atoms with Crippen LogP contribution < -0.4 is 14.2 Å². The maximum absolute atomic E-state index is 12.8. The maximum atomic E-state index is 12.8. The van der Waals surface area contributed by atoms with E-state index in [1.165, 1.54) is 0 Å². The Morgan fingerprint density at radius 3 is 2.25 bits per heavy atom. The lowest BCUT2D eigenvalue weighted by atomic mass is 10.1. The summed E-state index contributed by atoms with van der Waals surface area (Å²) >= 11 is 0. The normalized spacial score (nSPS) is 16.0. The summed E-state index contributed by atoms with van der Waals surface area (Å²) in [5.41, 5.74) is 1.99. The van der Waals surface area contributed by atoms with E-state index in [2.05, 4.69) is 16.7 Å². The molecule has 0 aliphatic carbocycles.